The number of methoxy groups -OCH3 is 1. The minimum Gasteiger partial charge on any atom is -0.497 e. The molecule has 0 aromatic heterocycles. The van der Waals surface area contributed by atoms with Gasteiger partial charge in [-0.2, -0.15) is 13.2 Å². The maximum Gasteiger partial charge on any atom is 0.416 e. The van der Waals surface area contributed by atoms with Crippen molar-refractivity contribution in [2.45, 2.75) is 24.7 Å². The Morgan fingerprint density at radius 1 is 1.11 bits per heavy atom. The number of carbonyl (C=O) groups is 2. The summed E-state index contributed by atoms with van der Waals surface area (Å²) in [5.74, 6) is -1.15. The number of hydrogen-bond donors (Lipinski definition) is 3. The molecule has 0 heterocycles. The lowest BCUT2D eigenvalue weighted by Gasteiger charge is -2.19. The first-order chi connectivity index (χ1) is 13.1. The number of primary amides is 1. The number of alkyl halides is 3. The van der Waals surface area contributed by atoms with E-state index in [1.165, 1.54) is 7.11 Å². The van der Waals surface area contributed by atoms with Crippen molar-refractivity contribution in [1.82, 2.24) is 5.32 Å². The van der Waals surface area contributed by atoms with Crippen LogP contribution >= 0.6 is 0 Å². The van der Waals surface area contributed by atoms with Crippen LogP contribution in [0.15, 0.2) is 48.5 Å². The summed E-state index contributed by atoms with van der Waals surface area (Å²) < 4.78 is 42.8. The van der Waals surface area contributed by atoms with Gasteiger partial charge in [-0.1, -0.05) is 24.3 Å². The lowest BCUT2D eigenvalue weighted by molar-refractivity contribution is -0.137. The third kappa shape index (κ3) is 5.46. The van der Waals surface area contributed by atoms with Gasteiger partial charge in [-0.25, -0.2) is 0 Å². The molecule has 0 fully saturated rings. The quantitative estimate of drug-likeness (QED) is 0.666. The summed E-state index contributed by atoms with van der Waals surface area (Å²) in [6.07, 6.45) is -6.20. The van der Waals surface area contributed by atoms with Crippen LogP contribution in [0.3, 0.4) is 0 Å². The SMILES string of the molecule is COc1ccc(C[C@H](NC(=O)[C@H](O)c2ccc(C(F)(F)F)cc2)C(N)=O)cc1. The second kappa shape index (κ2) is 8.75. The van der Waals surface area contributed by atoms with Crippen LogP contribution in [0.5, 0.6) is 5.75 Å². The Morgan fingerprint density at radius 3 is 2.14 bits per heavy atom. The largest absolute Gasteiger partial charge is 0.497 e. The Kier molecular flexibility index (Phi) is 6.63. The van der Waals surface area contributed by atoms with E-state index in [0.29, 0.717) is 11.3 Å². The predicted molar refractivity (Wildman–Crippen MR) is 94.2 cm³/mol. The van der Waals surface area contributed by atoms with E-state index in [4.69, 9.17) is 10.5 Å². The summed E-state index contributed by atoms with van der Waals surface area (Å²) in [7, 11) is 1.50. The van der Waals surface area contributed by atoms with Crippen LogP contribution in [0.25, 0.3) is 0 Å². The zero-order chi connectivity index (χ0) is 20.9. The molecule has 0 unspecified atom stereocenters. The van der Waals surface area contributed by atoms with E-state index in [-0.39, 0.29) is 12.0 Å². The fourth-order valence-electron chi connectivity index (χ4n) is 2.48. The van der Waals surface area contributed by atoms with Gasteiger partial charge in [0.1, 0.15) is 11.8 Å². The number of aliphatic hydroxyl groups is 1. The number of amides is 2. The molecule has 2 atom stereocenters. The van der Waals surface area contributed by atoms with Crippen LogP contribution in [-0.4, -0.2) is 30.1 Å². The van der Waals surface area contributed by atoms with Crippen LogP contribution in [0.4, 0.5) is 13.2 Å². The number of aliphatic hydroxyl groups excluding tert-OH is 1. The van der Waals surface area contributed by atoms with E-state index in [0.717, 1.165) is 24.3 Å². The van der Waals surface area contributed by atoms with Gasteiger partial charge in [0.05, 0.1) is 12.7 Å². The van der Waals surface area contributed by atoms with Gasteiger partial charge in [0.2, 0.25) is 5.91 Å². The van der Waals surface area contributed by atoms with Crippen molar-refractivity contribution in [3.63, 3.8) is 0 Å². The van der Waals surface area contributed by atoms with Gasteiger partial charge in [-0.15, -0.1) is 0 Å². The van der Waals surface area contributed by atoms with E-state index in [2.05, 4.69) is 5.32 Å². The standard InChI is InChI=1S/C19H19F3N2O4/c1-28-14-8-2-11(3-9-14)10-15(17(23)26)24-18(27)16(25)12-4-6-13(7-5-12)19(20,21)22/h2-9,15-16,25H,10H2,1H3,(H2,23,26)(H,24,27)/t15-,16+/m0/s1. The second-order valence-electron chi connectivity index (χ2n) is 6.04. The lowest BCUT2D eigenvalue weighted by Crippen LogP contribution is -2.47. The van der Waals surface area contributed by atoms with Gasteiger partial charge in [0.15, 0.2) is 6.10 Å². The van der Waals surface area contributed by atoms with E-state index in [1.54, 1.807) is 24.3 Å². The molecule has 150 valence electrons. The third-order valence-corrected chi connectivity index (χ3v) is 4.06. The summed E-state index contributed by atoms with van der Waals surface area (Å²) in [4.78, 5) is 23.9. The number of hydrogen-bond acceptors (Lipinski definition) is 4. The molecule has 4 N–H and O–H groups in total. The number of nitrogens with two attached hydrogens (primary N) is 1. The molecular formula is C19H19F3N2O4. The van der Waals surface area contributed by atoms with Gasteiger partial charge >= 0.3 is 6.18 Å². The van der Waals surface area contributed by atoms with Crippen molar-refractivity contribution in [3.05, 3.63) is 65.2 Å². The van der Waals surface area contributed by atoms with E-state index < -0.39 is 35.7 Å². The number of carbonyl (C=O) groups excluding carboxylic acids is 2. The van der Waals surface area contributed by atoms with Crippen molar-refractivity contribution in [2.24, 2.45) is 5.73 Å². The summed E-state index contributed by atoms with van der Waals surface area (Å²) in [6.45, 7) is 0. The van der Waals surface area contributed by atoms with Crippen LogP contribution in [0, 0.1) is 0 Å². The van der Waals surface area contributed by atoms with Gasteiger partial charge < -0.3 is 20.9 Å². The van der Waals surface area contributed by atoms with E-state index in [1.807, 2.05) is 0 Å². The Hall–Kier alpha value is -3.07. The molecule has 6 nitrogen and oxygen atoms in total. The van der Waals surface area contributed by atoms with E-state index >= 15 is 0 Å². The number of benzene rings is 2. The Balaban J connectivity index is 2.07. The summed E-state index contributed by atoms with van der Waals surface area (Å²) in [5.41, 5.74) is 5.05. The van der Waals surface area contributed by atoms with Crippen molar-refractivity contribution < 1.29 is 32.6 Å². The molecule has 0 bridgehead atoms. The lowest BCUT2D eigenvalue weighted by atomic mass is 10.0. The van der Waals surface area contributed by atoms with Gasteiger partial charge in [0, 0.05) is 6.42 Å². The van der Waals surface area contributed by atoms with Gasteiger partial charge in [-0.05, 0) is 35.4 Å². The first-order valence-electron chi connectivity index (χ1n) is 8.19. The monoisotopic (exact) mass is 396 g/mol. The molecule has 2 amide bonds. The molecule has 9 heteroatoms. The highest BCUT2D eigenvalue weighted by molar-refractivity contribution is 5.89. The topological polar surface area (TPSA) is 102 Å². The van der Waals surface area contributed by atoms with Crippen LogP contribution in [0.2, 0.25) is 0 Å². The average Bonchev–Trinajstić information content (AvgIpc) is 2.66. The van der Waals surface area contributed by atoms with E-state index in [9.17, 15) is 27.9 Å². The molecule has 2 aromatic carbocycles. The first kappa shape index (κ1) is 21.2. The molecule has 2 rings (SSSR count). The minimum absolute atomic E-state index is 0.0434. The highest BCUT2D eigenvalue weighted by Crippen LogP contribution is 2.30. The molecule has 0 saturated carbocycles. The third-order valence-electron chi connectivity index (χ3n) is 4.06. The summed E-state index contributed by atoms with van der Waals surface area (Å²) in [6, 6.07) is 9.12. The van der Waals surface area contributed by atoms with Crippen molar-refractivity contribution >= 4 is 11.8 Å². The van der Waals surface area contributed by atoms with Crippen LogP contribution < -0.4 is 15.8 Å². The number of halogens is 3. The smallest absolute Gasteiger partial charge is 0.416 e. The van der Waals surface area contributed by atoms with Gasteiger partial charge in [-0.3, -0.25) is 9.59 Å². The Labute approximate surface area is 159 Å². The molecule has 0 spiro atoms. The Morgan fingerprint density at radius 2 is 1.68 bits per heavy atom. The van der Waals surface area contributed by atoms with Crippen LogP contribution in [-0.2, 0) is 22.2 Å². The number of rotatable bonds is 7. The summed E-state index contributed by atoms with van der Waals surface area (Å²) >= 11 is 0. The molecule has 28 heavy (non-hydrogen) atoms. The van der Waals surface area contributed by atoms with Gasteiger partial charge in [0.25, 0.3) is 5.91 Å². The molecular weight excluding hydrogens is 377 g/mol. The van der Waals surface area contributed by atoms with Crippen molar-refractivity contribution in [2.75, 3.05) is 7.11 Å². The molecule has 0 aliphatic rings. The van der Waals surface area contributed by atoms with Crippen molar-refractivity contribution in [3.8, 4) is 5.75 Å². The minimum atomic E-state index is -4.53. The zero-order valence-electron chi connectivity index (χ0n) is 14.9. The predicted octanol–water partition coefficient (Wildman–Crippen LogP) is 1.96. The molecule has 0 aliphatic heterocycles. The maximum absolute atomic E-state index is 12.6. The fourth-order valence-corrected chi connectivity index (χ4v) is 2.48. The maximum atomic E-state index is 12.6. The van der Waals surface area contributed by atoms with Crippen LogP contribution in [0.1, 0.15) is 22.8 Å². The number of nitrogens with one attached hydrogen (secondary N) is 1. The Bertz CT molecular complexity index is 821. The fraction of sp³-hybridized carbons (Fsp3) is 0.263. The normalized spacial score (nSPS) is 13.5. The molecule has 0 aliphatic carbocycles. The highest BCUT2D eigenvalue weighted by Gasteiger charge is 2.31. The number of ether oxygens (including phenoxy) is 1. The summed E-state index contributed by atoms with van der Waals surface area (Å²) in [5, 5.41) is 12.4. The zero-order valence-corrected chi connectivity index (χ0v) is 14.9. The molecule has 0 radical (unpaired) electrons. The molecule has 0 saturated heterocycles. The highest BCUT2D eigenvalue weighted by atomic mass is 19.4. The molecule has 2 aromatic rings. The second-order valence-corrected chi connectivity index (χ2v) is 6.04. The van der Waals surface area contributed by atoms with Crippen molar-refractivity contribution in [1.29, 1.82) is 0 Å². The average molecular weight is 396 g/mol. The first-order valence-corrected chi connectivity index (χ1v) is 8.19.